The number of carbonyl (C=O) groups excluding carboxylic acids is 5. The summed E-state index contributed by atoms with van der Waals surface area (Å²) in [6.07, 6.45) is 3.82. The van der Waals surface area contributed by atoms with Crippen LogP contribution >= 0.6 is 0 Å². The summed E-state index contributed by atoms with van der Waals surface area (Å²) in [5.41, 5.74) is -1.32. The zero-order chi connectivity index (χ0) is 30.1. The Morgan fingerprint density at radius 3 is 2.46 bits per heavy atom. The van der Waals surface area contributed by atoms with Gasteiger partial charge in [-0.2, -0.15) is 0 Å². The molecule has 220 valence electrons. The van der Waals surface area contributed by atoms with Gasteiger partial charge >= 0.3 is 23.9 Å². The van der Waals surface area contributed by atoms with Gasteiger partial charge in [0.15, 0.2) is 0 Å². The number of allylic oxidation sites excluding steroid dienone is 3. The maximum atomic E-state index is 14.1. The molecule has 2 fully saturated rings. The van der Waals surface area contributed by atoms with Crippen LogP contribution in [0.2, 0.25) is 0 Å². The van der Waals surface area contributed by atoms with Crippen molar-refractivity contribution in [3.05, 3.63) is 46.6 Å². The van der Waals surface area contributed by atoms with Gasteiger partial charge in [0.2, 0.25) is 6.29 Å². The number of carbonyl (C=O) groups is 5. The van der Waals surface area contributed by atoms with Gasteiger partial charge in [-0.1, -0.05) is 32.9 Å². The summed E-state index contributed by atoms with van der Waals surface area (Å²) in [5.74, 6) is -3.98. The third kappa shape index (κ3) is 4.13. The van der Waals surface area contributed by atoms with Crippen LogP contribution in [0.5, 0.6) is 0 Å². The first-order chi connectivity index (χ1) is 19.2. The molecule has 1 unspecified atom stereocenters. The molecule has 1 saturated heterocycles. The van der Waals surface area contributed by atoms with Crippen molar-refractivity contribution in [1.29, 1.82) is 0 Å². The third-order valence-corrected chi connectivity index (χ3v) is 10.2. The van der Waals surface area contributed by atoms with Crippen LogP contribution in [-0.4, -0.2) is 60.4 Å². The van der Waals surface area contributed by atoms with E-state index >= 15 is 0 Å². The van der Waals surface area contributed by atoms with Crippen molar-refractivity contribution in [3.8, 4) is 0 Å². The quantitative estimate of drug-likeness (QED) is 0.305. The number of Topliss-reactive ketones (excluding diaryl/α,β-unsaturated/α-hetero) is 1. The molecule has 8 atom stereocenters. The Bertz CT molecular complexity index is 1370. The number of hydrogen-bond donors (Lipinski definition) is 1. The number of fused-ring (bicyclic) bond motifs is 5. The van der Waals surface area contributed by atoms with Crippen molar-refractivity contribution in [2.75, 3.05) is 7.11 Å². The highest BCUT2D eigenvalue weighted by Gasteiger charge is 2.69. The van der Waals surface area contributed by atoms with Crippen molar-refractivity contribution in [2.24, 2.45) is 28.1 Å². The minimum Gasteiger partial charge on any atom is -0.469 e. The molecule has 3 aliphatic carbocycles. The van der Waals surface area contributed by atoms with E-state index in [1.165, 1.54) is 13.2 Å². The summed E-state index contributed by atoms with van der Waals surface area (Å²) in [7, 11) is 1.28. The molecule has 0 aromatic carbocycles. The Hall–Kier alpha value is -3.53. The van der Waals surface area contributed by atoms with E-state index in [-0.39, 0.29) is 24.2 Å². The van der Waals surface area contributed by atoms with E-state index in [1.54, 1.807) is 39.8 Å². The average Bonchev–Trinajstić information content (AvgIpc) is 3.37. The van der Waals surface area contributed by atoms with Gasteiger partial charge in [0.1, 0.15) is 18.0 Å². The maximum Gasteiger partial charge on any atom is 0.340 e. The molecule has 10 heteroatoms. The third-order valence-electron chi connectivity index (χ3n) is 10.2. The Kier molecular flexibility index (Phi) is 6.92. The number of ketones is 1. The van der Waals surface area contributed by atoms with E-state index in [4.69, 9.17) is 18.9 Å². The number of ether oxygens (including phenoxy) is 4. The first-order valence-electron chi connectivity index (χ1n) is 13.9. The second kappa shape index (κ2) is 9.79. The Morgan fingerprint density at radius 1 is 1.15 bits per heavy atom. The van der Waals surface area contributed by atoms with Crippen molar-refractivity contribution in [3.63, 3.8) is 0 Å². The molecule has 0 aromatic rings. The molecule has 2 bridgehead atoms. The lowest BCUT2D eigenvalue weighted by molar-refractivity contribution is -0.167. The normalized spacial score (nSPS) is 40.9. The molecule has 0 radical (unpaired) electrons. The van der Waals surface area contributed by atoms with E-state index < -0.39 is 70.5 Å². The summed E-state index contributed by atoms with van der Waals surface area (Å²) in [6.45, 7) is 8.79. The fourth-order valence-corrected chi connectivity index (χ4v) is 7.89. The molecule has 5 aliphatic rings. The number of methoxy groups -OCH3 is 1. The lowest BCUT2D eigenvalue weighted by atomic mass is 9.53. The number of rotatable bonds is 4. The number of hydrogen-bond acceptors (Lipinski definition) is 10. The first-order valence-corrected chi connectivity index (χ1v) is 13.9. The molecule has 0 aromatic heterocycles. The molecule has 0 spiro atoms. The highest BCUT2D eigenvalue weighted by atomic mass is 16.6. The van der Waals surface area contributed by atoms with Crippen LogP contribution in [0.3, 0.4) is 0 Å². The number of cyclic esters (lactones) is 2. The lowest BCUT2D eigenvalue weighted by Gasteiger charge is -2.52. The SMILES string of the molecule is C/C=C(\C)C(=O)O[C@@H]1/C=C\C2=C3CC(=O)O[C@@H](C4=CC(O)OC4=O)[C@]3(C)CC[C@@H]2[C@]2(C)C(=O)C[C@@]1(C)[C@@H]2C(=O)OC. The fourth-order valence-electron chi connectivity index (χ4n) is 7.89. The smallest absolute Gasteiger partial charge is 0.340 e. The summed E-state index contributed by atoms with van der Waals surface area (Å²) in [4.78, 5) is 66.1. The molecule has 1 saturated carbocycles. The predicted octanol–water partition coefficient (Wildman–Crippen LogP) is 3.04. The summed E-state index contributed by atoms with van der Waals surface area (Å²) < 4.78 is 21.8. The minimum atomic E-state index is -1.43. The maximum absolute atomic E-state index is 14.1. The average molecular weight is 569 g/mol. The first kappa shape index (κ1) is 29.0. The molecule has 2 heterocycles. The zero-order valence-electron chi connectivity index (χ0n) is 24.1. The Labute approximate surface area is 238 Å². The number of esters is 4. The van der Waals surface area contributed by atoms with Crippen molar-refractivity contribution in [2.45, 2.75) is 78.8 Å². The second-order valence-corrected chi connectivity index (χ2v) is 12.4. The molecule has 0 amide bonds. The monoisotopic (exact) mass is 568 g/mol. The molecular weight excluding hydrogens is 532 g/mol. The second-order valence-electron chi connectivity index (χ2n) is 12.4. The Balaban J connectivity index is 1.73. The molecule has 1 N–H and O–H groups in total. The largest absolute Gasteiger partial charge is 0.469 e. The van der Waals surface area contributed by atoms with Gasteiger partial charge in [-0.05, 0) is 55.9 Å². The summed E-state index contributed by atoms with van der Waals surface area (Å²) in [5, 5.41) is 9.91. The van der Waals surface area contributed by atoms with Crippen LogP contribution in [0.4, 0.5) is 0 Å². The standard InChI is InChI=1S/C31H36O10/c1-7-15(2)26(35)39-21-9-8-16-18(31(5)20(32)14-30(21,4)24(31)28(37)38-6)10-11-29(3)19(16)13-23(34)40-25(29)17-12-22(33)41-27(17)36/h7-9,12,18,21-22,24-25,33H,10-11,13-14H2,1-6H3/b9-8-,15-7+/t18-,21+,22?,24-,25-,29+,30+,31+/m0/s1. The Morgan fingerprint density at radius 2 is 1.85 bits per heavy atom. The van der Waals surface area contributed by atoms with Crippen LogP contribution in [-0.2, 0) is 42.9 Å². The molecule has 5 rings (SSSR count). The zero-order valence-corrected chi connectivity index (χ0v) is 24.1. The van der Waals surface area contributed by atoms with Gasteiger partial charge in [-0.3, -0.25) is 14.4 Å². The van der Waals surface area contributed by atoms with Crippen LogP contribution in [0.15, 0.2) is 46.6 Å². The molecule has 2 aliphatic heterocycles. The fraction of sp³-hybridized carbons (Fsp3) is 0.581. The summed E-state index contributed by atoms with van der Waals surface area (Å²) >= 11 is 0. The van der Waals surface area contributed by atoms with E-state index in [1.807, 2.05) is 13.0 Å². The van der Waals surface area contributed by atoms with E-state index in [0.29, 0.717) is 29.6 Å². The van der Waals surface area contributed by atoms with Crippen molar-refractivity contribution in [1.82, 2.24) is 0 Å². The van der Waals surface area contributed by atoms with Crippen molar-refractivity contribution < 1.29 is 48.0 Å². The predicted molar refractivity (Wildman–Crippen MR) is 142 cm³/mol. The topological polar surface area (TPSA) is 142 Å². The molecule has 41 heavy (non-hydrogen) atoms. The lowest BCUT2D eigenvalue weighted by Crippen LogP contribution is -2.53. The van der Waals surface area contributed by atoms with Crippen LogP contribution in [0.1, 0.15) is 60.3 Å². The minimum absolute atomic E-state index is 0.00188. The van der Waals surface area contributed by atoms with Gasteiger partial charge in [0, 0.05) is 28.2 Å². The van der Waals surface area contributed by atoms with Crippen LogP contribution < -0.4 is 0 Å². The van der Waals surface area contributed by atoms with Crippen LogP contribution in [0, 0.1) is 28.1 Å². The van der Waals surface area contributed by atoms with Gasteiger partial charge in [0.25, 0.3) is 0 Å². The summed E-state index contributed by atoms with van der Waals surface area (Å²) in [6, 6.07) is 0. The molecular formula is C31H36O10. The van der Waals surface area contributed by atoms with Gasteiger partial charge < -0.3 is 24.1 Å². The number of aliphatic hydroxyl groups excluding tert-OH is 1. The van der Waals surface area contributed by atoms with E-state index in [0.717, 1.165) is 0 Å². The van der Waals surface area contributed by atoms with Gasteiger partial charge in [0.05, 0.1) is 25.0 Å². The van der Waals surface area contributed by atoms with Crippen LogP contribution in [0.25, 0.3) is 0 Å². The van der Waals surface area contributed by atoms with Gasteiger partial charge in [-0.15, -0.1) is 0 Å². The molecule has 10 nitrogen and oxygen atoms in total. The van der Waals surface area contributed by atoms with E-state index in [2.05, 4.69) is 0 Å². The van der Waals surface area contributed by atoms with Gasteiger partial charge in [-0.25, -0.2) is 9.59 Å². The van der Waals surface area contributed by atoms with E-state index in [9.17, 15) is 29.1 Å². The highest BCUT2D eigenvalue weighted by molar-refractivity contribution is 5.97. The van der Waals surface area contributed by atoms with Crippen molar-refractivity contribution >= 4 is 29.7 Å². The highest BCUT2D eigenvalue weighted by Crippen LogP contribution is 2.65. The number of aliphatic hydroxyl groups is 1.